The minimum absolute atomic E-state index is 0.146. The number of aromatic nitrogens is 1. The monoisotopic (exact) mass is 346 g/mol. The highest BCUT2D eigenvalue weighted by Gasteiger charge is 2.24. The molecule has 0 radical (unpaired) electrons. The van der Waals surface area contributed by atoms with E-state index in [0.717, 1.165) is 6.07 Å². The van der Waals surface area contributed by atoms with Crippen LogP contribution in [0.4, 0.5) is 14.6 Å². The Morgan fingerprint density at radius 1 is 1.16 bits per heavy atom. The zero-order valence-corrected chi connectivity index (χ0v) is 14.0. The molecular formula is C18H20F2N4O. The van der Waals surface area contributed by atoms with Crippen LogP contribution < -0.4 is 10.6 Å². The molecule has 3 rings (SSSR count). The maximum atomic E-state index is 14.0. The van der Waals surface area contributed by atoms with Crippen LogP contribution in [0.3, 0.4) is 0 Å². The van der Waals surface area contributed by atoms with Crippen molar-refractivity contribution in [2.24, 2.45) is 5.73 Å². The fraction of sp³-hybridized carbons (Fsp3) is 0.333. The highest BCUT2D eigenvalue weighted by atomic mass is 19.1. The van der Waals surface area contributed by atoms with E-state index in [-0.39, 0.29) is 6.04 Å². The number of anilines is 1. The van der Waals surface area contributed by atoms with E-state index in [9.17, 15) is 13.6 Å². The molecule has 5 nitrogen and oxygen atoms in total. The van der Waals surface area contributed by atoms with Gasteiger partial charge in [-0.25, -0.2) is 13.8 Å². The first kappa shape index (κ1) is 17.3. The van der Waals surface area contributed by atoms with Gasteiger partial charge in [0.25, 0.3) is 0 Å². The number of pyridine rings is 1. The number of hydrogen-bond acceptors (Lipinski definition) is 4. The van der Waals surface area contributed by atoms with E-state index in [1.54, 1.807) is 18.3 Å². The Kier molecular flexibility index (Phi) is 4.94. The molecule has 2 N–H and O–H groups in total. The largest absolute Gasteiger partial charge is 0.366 e. The van der Waals surface area contributed by atoms with Crippen molar-refractivity contribution in [2.45, 2.75) is 13.0 Å². The van der Waals surface area contributed by atoms with Gasteiger partial charge in [0, 0.05) is 55.6 Å². The third-order valence-corrected chi connectivity index (χ3v) is 4.63. The second-order valence-corrected chi connectivity index (χ2v) is 6.13. The molecule has 7 heteroatoms. The van der Waals surface area contributed by atoms with Crippen molar-refractivity contribution in [3.8, 4) is 0 Å². The quantitative estimate of drug-likeness (QED) is 0.923. The molecule has 0 bridgehead atoms. The molecule has 1 fully saturated rings. The van der Waals surface area contributed by atoms with E-state index in [0.29, 0.717) is 43.1 Å². The molecule has 132 valence electrons. The lowest BCUT2D eigenvalue weighted by atomic mass is 10.1. The van der Waals surface area contributed by atoms with E-state index in [2.05, 4.69) is 14.8 Å². The zero-order chi connectivity index (χ0) is 18.0. The second kappa shape index (κ2) is 7.14. The third-order valence-electron chi connectivity index (χ3n) is 4.63. The molecule has 1 aliphatic heterocycles. The highest BCUT2D eigenvalue weighted by molar-refractivity contribution is 5.93. The molecule has 0 aliphatic carbocycles. The molecule has 0 unspecified atom stereocenters. The SMILES string of the molecule is C[C@@H](c1ccc(F)cc1F)N1CCN(c2cc(C(N)=O)ccn2)CC1. The summed E-state index contributed by atoms with van der Waals surface area (Å²) in [4.78, 5) is 19.8. The van der Waals surface area contributed by atoms with Crippen molar-refractivity contribution in [3.05, 3.63) is 59.3 Å². The molecule has 1 atom stereocenters. The van der Waals surface area contributed by atoms with Gasteiger partial charge in [-0.05, 0) is 25.1 Å². The normalized spacial score (nSPS) is 16.7. The zero-order valence-electron chi connectivity index (χ0n) is 14.0. The molecule has 1 aromatic heterocycles. The first-order valence-electron chi connectivity index (χ1n) is 8.15. The molecule has 0 saturated carbocycles. The predicted molar refractivity (Wildman–Crippen MR) is 91.3 cm³/mol. The van der Waals surface area contributed by atoms with Gasteiger partial charge in [-0.1, -0.05) is 6.07 Å². The maximum Gasteiger partial charge on any atom is 0.248 e. The topological polar surface area (TPSA) is 62.5 Å². The smallest absolute Gasteiger partial charge is 0.248 e. The second-order valence-electron chi connectivity index (χ2n) is 6.13. The third kappa shape index (κ3) is 3.76. The summed E-state index contributed by atoms with van der Waals surface area (Å²) in [5.74, 6) is -0.872. The lowest BCUT2D eigenvalue weighted by molar-refractivity contribution is 0.1000. The number of carbonyl (C=O) groups excluding carboxylic acids is 1. The average molecular weight is 346 g/mol. The van der Waals surface area contributed by atoms with Crippen LogP contribution in [0.25, 0.3) is 0 Å². The highest BCUT2D eigenvalue weighted by Crippen LogP contribution is 2.25. The molecule has 25 heavy (non-hydrogen) atoms. The van der Waals surface area contributed by atoms with Crippen LogP contribution in [0.2, 0.25) is 0 Å². The summed E-state index contributed by atoms with van der Waals surface area (Å²) in [6.45, 7) is 4.73. The maximum absolute atomic E-state index is 14.0. The molecule has 0 spiro atoms. The number of amides is 1. The van der Waals surface area contributed by atoms with E-state index in [4.69, 9.17) is 5.73 Å². The van der Waals surface area contributed by atoms with Crippen LogP contribution in [0, 0.1) is 11.6 Å². The summed E-state index contributed by atoms with van der Waals surface area (Å²) in [5, 5.41) is 0. The van der Waals surface area contributed by atoms with Crippen molar-refractivity contribution in [2.75, 3.05) is 31.1 Å². The van der Waals surface area contributed by atoms with Gasteiger partial charge in [0.15, 0.2) is 0 Å². The number of carbonyl (C=O) groups is 1. The number of rotatable bonds is 4. The first-order valence-corrected chi connectivity index (χ1v) is 8.15. The van der Waals surface area contributed by atoms with E-state index < -0.39 is 17.5 Å². The number of nitrogens with zero attached hydrogens (tertiary/aromatic N) is 3. The number of primary amides is 1. The van der Waals surface area contributed by atoms with E-state index in [1.165, 1.54) is 12.1 Å². The fourth-order valence-electron chi connectivity index (χ4n) is 3.12. The first-order chi connectivity index (χ1) is 12.0. The Balaban J connectivity index is 1.67. The van der Waals surface area contributed by atoms with Gasteiger partial charge >= 0.3 is 0 Å². The van der Waals surface area contributed by atoms with Crippen molar-refractivity contribution < 1.29 is 13.6 Å². The molecule has 2 aromatic rings. The Hall–Kier alpha value is -2.54. The van der Waals surface area contributed by atoms with E-state index >= 15 is 0 Å². The molecule has 1 aliphatic rings. The number of hydrogen-bond donors (Lipinski definition) is 1. The van der Waals surface area contributed by atoms with Gasteiger partial charge in [0.05, 0.1) is 0 Å². The molecule has 1 saturated heterocycles. The number of piperazine rings is 1. The van der Waals surface area contributed by atoms with Gasteiger partial charge in [0.1, 0.15) is 17.5 Å². The minimum Gasteiger partial charge on any atom is -0.366 e. The van der Waals surface area contributed by atoms with Crippen LogP contribution >= 0.6 is 0 Å². The summed E-state index contributed by atoms with van der Waals surface area (Å²) in [5.41, 5.74) is 6.22. The Morgan fingerprint density at radius 3 is 2.52 bits per heavy atom. The van der Waals surface area contributed by atoms with Gasteiger partial charge in [-0.2, -0.15) is 0 Å². The molecule has 2 heterocycles. The number of benzene rings is 1. The van der Waals surface area contributed by atoms with Crippen LogP contribution in [-0.2, 0) is 0 Å². The minimum atomic E-state index is -0.571. The van der Waals surface area contributed by atoms with Crippen LogP contribution in [0.5, 0.6) is 0 Å². The average Bonchev–Trinajstić information content (AvgIpc) is 2.61. The number of halogens is 2. The van der Waals surface area contributed by atoms with Crippen molar-refractivity contribution in [1.29, 1.82) is 0 Å². The Bertz CT molecular complexity index is 775. The van der Waals surface area contributed by atoms with E-state index in [1.807, 2.05) is 6.92 Å². The molecule has 1 aromatic carbocycles. The van der Waals surface area contributed by atoms with Crippen molar-refractivity contribution in [1.82, 2.24) is 9.88 Å². The predicted octanol–water partition coefficient (Wildman–Crippen LogP) is 2.34. The summed E-state index contributed by atoms with van der Waals surface area (Å²) >= 11 is 0. The van der Waals surface area contributed by atoms with Crippen LogP contribution in [0.1, 0.15) is 28.9 Å². The fourth-order valence-corrected chi connectivity index (χ4v) is 3.12. The standard InChI is InChI=1S/C18H20F2N4O/c1-12(15-3-2-14(19)11-16(15)20)23-6-8-24(9-7-23)17-10-13(18(21)25)4-5-22-17/h2-5,10-12H,6-9H2,1H3,(H2,21,25)/t12-/m0/s1. The Morgan fingerprint density at radius 2 is 1.88 bits per heavy atom. The summed E-state index contributed by atoms with van der Waals surface area (Å²) < 4.78 is 27.1. The lowest BCUT2D eigenvalue weighted by Crippen LogP contribution is -2.47. The van der Waals surface area contributed by atoms with Gasteiger partial charge in [0.2, 0.25) is 5.91 Å². The number of nitrogens with two attached hydrogens (primary N) is 1. The summed E-state index contributed by atoms with van der Waals surface area (Å²) in [7, 11) is 0. The molecular weight excluding hydrogens is 326 g/mol. The van der Waals surface area contributed by atoms with Crippen LogP contribution in [0.15, 0.2) is 36.5 Å². The van der Waals surface area contributed by atoms with Gasteiger partial charge < -0.3 is 10.6 Å². The van der Waals surface area contributed by atoms with Crippen LogP contribution in [-0.4, -0.2) is 42.0 Å². The Labute approximate surface area is 145 Å². The lowest BCUT2D eigenvalue weighted by Gasteiger charge is -2.38. The summed E-state index contributed by atoms with van der Waals surface area (Å²) in [6.07, 6.45) is 1.57. The van der Waals surface area contributed by atoms with Gasteiger partial charge in [-0.3, -0.25) is 9.69 Å². The molecule has 1 amide bonds. The summed E-state index contributed by atoms with van der Waals surface area (Å²) in [6, 6.07) is 6.82. The van der Waals surface area contributed by atoms with Crippen molar-refractivity contribution in [3.63, 3.8) is 0 Å². The van der Waals surface area contributed by atoms with Crippen molar-refractivity contribution >= 4 is 11.7 Å². The van der Waals surface area contributed by atoms with Gasteiger partial charge in [-0.15, -0.1) is 0 Å².